The molecule has 2 aromatic carbocycles. The highest BCUT2D eigenvalue weighted by Gasteiger charge is 2.23. The van der Waals surface area contributed by atoms with Crippen molar-refractivity contribution < 1.29 is 29.2 Å². The van der Waals surface area contributed by atoms with Gasteiger partial charge in [-0.1, -0.05) is 38.1 Å². The van der Waals surface area contributed by atoms with E-state index in [1.54, 1.807) is 0 Å². The molecule has 0 spiro atoms. The summed E-state index contributed by atoms with van der Waals surface area (Å²) in [7, 11) is 0. The maximum absolute atomic E-state index is 11.0. The van der Waals surface area contributed by atoms with Gasteiger partial charge in [-0.05, 0) is 35.4 Å². The van der Waals surface area contributed by atoms with Crippen molar-refractivity contribution in [2.75, 3.05) is 25.7 Å². The van der Waals surface area contributed by atoms with Crippen LogP contribution < -0.4 is 9.47 Å². The zero-order valence-electron chi connectivity index (χ0n) is 17.5. The fourth-order valence-corrected chi connectivity index (χ4v) is 3.03. The van der Waals surface area contributed by atoms with Gasteiger partial charge in [0.15, 0.2) is 0 Å². The van der Waals surface area contributed by atoms with Crippen LogP contribution in [0.25, 0.3) is 0 Å². The molecule has 0 heterocycles. The smallest absolute Gasteiger partial charge is 0.303 e. The van der Waals surface area contributed by atoms with E-state index in [2.05, 4.69) is 13.8 Å². The molecule has 0 amide bonds. The minimum atomic E-state index is -0.893. The summed E-state index contributed by atoms with van der Waals surface area (Å²) < 4.78 is 16.2. The molecule has 0 aromatic heterocycles. The van der Waals surface area contributed by atoms with E-state index in [0.717, 1.165) is 11.1 Å². The topological polar surface area (TPSA) is 85.2 Å². The molecule has 0 bridgehead atoms. The van der Waals surface area contributed by atoms with E-state index in [1.807, 2.05) is 48.5 Å². The van der Waals surface area contributed by atoms with Crippen molar-refractivity contribution >= 4 is 17.6 Å². The zero-order chi connectivity index (χ0) is 22.1. The van der Waals surface area contributed by atoms with Gasteiger partial charge in [0.2, 0.25) is 0 Å². The number of ether oxygens (including phenoxy) is 3. The third kappa shape index (κ3) is 6.90. The summed E-state index contributed by atoms with van der Waals surface area (Å²) in [5.74, 6) is 1.08. The largest absolute Gasteiger partial charge is 0.491 e. The summed E-state index contributed by atoms with van der Waals surface area (Å²) in [6, 6.07) is 15.4. The number of carbonyl (C=O) groups is 1. The summed E-state index contributed by atoms with van der Waals surface area (Å²) in [5.41, 5.74) is 1.95. The molecule has 30 heavy (non-hydrogen) atoms. The minimum absolute atomic E-state index is 0.0444. The molecule has 2 atom stereocenters. The van der Waals surface area contributed by atoms with Crippen molar-refractivity contribution in [3.8, 4) is 11.5 Å². The Balaban J connectivity index is 2.01. The van der Waals surface area contributed by atoms with E-state index in [-0.39, 0.29) is 37.1 Å². The van der Waals surface area contributed by atoms with E-state index in [1.165, 1.54) is 6.92 Å². The SMILES string of the molecule is CC(=O)O[C@H](CCl)COc1ccc(C(C)(C)c2ccc(OC[C@H](O)CO)cc2)cc1. The number of hydrogen-bond donors (Lipinski definition) is 2. The molecular weight excluding hydrogens is 408 g/mol. The summed E-state index contributed by atoms with van der Waals surface area (Å²) >= 11 is 5.79. The van der Waals surface area contributed by atoms with Gasteiger partial charge in [-0.25, -0.2) is 0 Å². The lowest BCUT2D eigenvalue weighted by molar-refractivity contribution is -0.146. The number of hydrogen-bond acceptors (Lipinski definition) is 6. The molecule has 0 aliphatic rings. The van der Waals surface area contributed by atoms with Crippen LogP contribution in [0, 0.1) is 0 Å². The number of alkyl halides is 1. The number of rotatable bonds is 11. The van der Waals surface area contributed by atoms with Crippen LogP contribution in [-0.4, -0.2) is 54.1 Å². The molecule has 2 aromatic rings. The number of halogens is 1. The molecule has 0 aliphatic carbocycles. The van der Waals surface area contributed by atoms with Gasteiger partial charge in [0.1, 0.15) is 36.9 Å². The second-order valence-corrected chi connectivity index (χ2v) is 7.83. The number of aliphatic hydroxyl groups is 2. The first-order chi connectivity index (χ1) is 14.3. The summed E-state index contributed by atoms with van der Waals surface area (Å²) in [4.78, 5) is 11.0. The quantitative estimate of drug-likeness (QED) is 0.415. The zero-order valence-corrected chi connectivity index (χ0v) is 18.3. The Hall–Kier alpha value is -2.28. The molecular formula is C23H29ClO6. The molecule has 0 radical (unpaired) electrons. The van der Waals surface area contributed by atoms with Crippen LogP contribution in [0.1, 0.15) is 31.9 Å². The third-order valence-electron chi connectivity index (χ3n) is 4.75. The van der Waals surface area contributed by atoms with Gasteiger partial charge in [-0.3, -0.25) is 4.79 Å². The first kappa shape index (κ1) is 24.0. The van der Waals surface area contributed by atoms with Crippen molar-refractivity contribution in [1.29, 1.82) is 0 Å². The van der Waals surface area contributed by atoms with Crippen LogP contribution in [0.15, 0.2) is 48.5 Å². The summed E-state index contributed by atoms with van der Waals surface area (Å²) in [6.07, 6.45) is -1.38. The Labute approximate surface area is 182 Å². The Morgan fingerprint density at radius 2 is 1.43 bits per heavy atom. The highest BCUT2D eigenvalue weighted by molar-refractivity contribution is 6.18. The van der Waals surface area contributed by atoms with E-state index >= 15 is 0 Å². The van der Waals surface area contributed by atoms with Crippen molar-refractivity contribution in [2.24, 2.45) is 0 Å². The molecule has 2 rings (SSSR count). The van der Waals surface area contributed by atoms with Crippen molar-refractivity contribution in [1.82, 2.24) is 0 Å². The van der Waals surface area contributed by atoms with Crippen LogP contribution in [-0.2, 0) is 14.9 Å². The monoisotopic (exact) mass is 436 g/mol. The number of esters is 1. The fourth-order valence-electron chi connectivity index (χ4n) is 2.88. The molecule has 0 fully saturated rings. The molecule has 0 unspecified atom stereocenters. The molecule has 0 saturated carbocycles. The average molecular weight is 437 g/mol. The number of carbonyl (C=O) groups excluding carboxylic acids is 1. The van der Waals surface area contributed by atoms with Crippen molar-refractivity contribution in [2.45, 2.75) is 38.4 Å². The molecule has 0 saturated heterocycles. The average Bonchev–Trinajstić information content (AvgIpc) is 2.75. The third-order valence-corrected chi connectivity index (χ3v) is 5.09. The van der Waals surface area contributed by atoms with Crippen LogP contribution in [0.4, 0.5) is 0 Å². The Morgan fingerprint density at radius 3 is 1.83 bits per heavy atom. The van der Waals surface area contributed by atoms with Gasteiger partial charge >= 0.3 is 5.97 Å². The number of benzene rings is 2. The van der Waals surface area contributed by atoms with Gasteiger partial charge in [0.05, 0.1) is 12.5 Å². The van der Waals surface area contributed by atoms with Gasteiger partial charge < -0.3 is 24.4 Å². The van der Waals surface area contributed by atoms with Gasteiger partial charge in [-0.2, -0.15) is 0 Å². The normalized spacial score (nSPS) is 13.4. The van der Waals surface area contributed by atoms with Crippen LogP contribution >= 0.6 is 11.6 Å². The van der Waals surface area contributed by atoms with Crippen LogP contribution in [0.3, 0.4) is 0 Å². The maximum atomic E-state index is 11.0. The number of aliphatic hydroxyl groups excluding tert-OH is 2. The highest BCUT2D eigenvalue weighted by Crippen LogP contribution is 2.33. The molecule has 164 valence electrons. The Morgan fingerprint density at radius 1 is 0.967 bits per heavy atom. The Bertz CT molecular complexity index is 788. The highest BCUT2D eigenvalue weighted by atomic mass is 35.5. The second-order valence-electron chi connectivity index (χ2n) is 7.52. The standard InChI is InChI=1S/C23H29ClO6/c1-16(26)30-22(12-24)15-29-21-10-6-18(7-11-21)23(2,3)17-4-8-20(9-5-17)28-14-19(27)13-25/h4-11,19,22,25,27H,12-15H2,1-3H3/t19-,22-/m1/s1. The predicted molar refractivity (Wildman–Crippen MR) is 115 cm³/mol. The van der Waals surface area contributed by atoms with Gasteiger partial charge in [-0.15, -0.1) is 11.6 Å². The Kier molecular flexibility index (Phi) is 8.96. The van der Waals surface area contributed by atoms with Crippen molar-refractivity contribution in [3.63, 3.8) is 0 Å². The molecule has 7 heteroatoms. The van der Waals surface area contributed by atoms with Gasteiger partial charge in [0, 0.05) is 12.3 Å². The lowest BCUT2D eigenvalue weighted by Gasteiger charge is -2.26. The minimum Gasteiger partial charge on any atom is -0.491 e. The predicted octanol–water partition coefficient (Wildman–Crippen LogP) is 3.29. The van der Waals surface area contributed by atoms with Gasteiger partial charge in [0.25, 0.3) is 0 Å². The summed E-state index contributed by atoms with van der Waals surface area (Å²) in [6.45, 7) is 5.49. The fraction of sp³-hybridized carbons (Fsp3) is 0.435. The van der Waals surface area contributed by atoms with E-state index in [0.29, 0.717) is 11.5 Å². The molecule has 2 N–H and O–H groups in total. The molecule has 6 nitrogen and oxygen atoms in total. The van der Waals surface area contributed by atoms with E-state index in [4.69, 9.17) is 30.9 Å². The van der Waals surface area contributed by atoms with Crippen LogP contribution in [0.2, 0.25) is 0 Å². The van der Waals surface area contributed by atoms with E-state index in [9.17, 15) is 9.90 Å². The lowest BCUT2D eigenvalue weighted by Crippen LogP contribution is -2.25. The maximum Gasteiger partial charge on any atom is 0.303 e. The van der Waals surface area contributed by atoms with Crippen molar-refractivity contribution in [3.05, 3.63) is 59.7 Å². The summed E-state index contributed by atoms with van der Waals surface area (Å²) in [5, 5.41) is 18.2. The van der Waals surface area contributed by atoms with Crippen LogP contribution in [0.5, 0.6) is 11.5 Å². The first-order valence-electron chi connectivity index (χ1n) is 9.75. The van der Waals surface area contributed by atoms with E-state index < -0.39 is 12.2 Å². The second kappa shape index (κ2) is 11.2. The first-order valence-corrected chi connectivity index (χ1v) is 10.3. The lowest BCUT2D eigenvalue weighted by atomic mass is 9.78. The molecule has 0 aliphatic heterocycles.